The molecule has 56 heavy (non-hydrogen) atoms. The van der Waals surface area contributed by atoms with Crippen molar-refractivity contribution < 1.29 is 0 Å². The molecule has 0 radical (unpaired) electrons. The second-order valence-electron chi connectivity index (χ2n) is 15.5. The summed E-state index contributed by atoms with van der Waals surface area (Å²) < 4.78 is 2.45. The van der Waals surface area contributed by atoms with E-state index in [1.807, 2.05) is 6.20 Å². The molecule has 2 atom stereocenters. The SMILES string of the molecule is CC12C=CC=CC1c1nccnc1-c1ccc(-c3ccc(-c4ccc(-c5ccc(-c6ccc7c(c6)c6ccccc6n7C6=CC=CCC6)cc5)cc4)cc3)cc12. The van der Waals surface area contributed by atoms with Gasteiger partial charge in [-0.3, -0.25) is 9.97 Å². The molecule has 2 aromatic heterocycles. The molecule has 3 aliphatic rings. The van der Waals surface area contributed by atoms with Gasteiger partial charge in [-0.25, -0.2) is 0 Å². The Hall–Kier alpha value is -6.84. The number of fused-ring (bicyclic) bond motifs is 9. The molecule has 3 nitrogen and oxygen atoms in total. The molecule has 266 valence electrons. The van der Waals surface area contributed by atoms with Crippen molar-refractivity contribution in [1.29, 1.82) is 0 Å². The molecule has 3 aliphatic carbocycles. The molecule has 3 heteroatoms. The van der Waals surface area contributed by atoms with E-state index in [0.29, 0.717) is 0 Å². The van der Waals surface area contributed by atoms with Gasteiger partial charge in [-0.05, 0) is 93.3 Å². The van der Waals surface area contributed by atoms with Gasteiger partial charge in [0.25, 0.3) is 0 Å². The molecule has 0 N–H and O–H groups in total. The van der Waals surface area contributed by atoms with Gasteiger partial charge >= 0.3 is 0 Å². The summed E-state index contributed by atoms with van der Waals surface area (Å²) in [7, 11) is 0. The highest BCUT2D eigenvalue weighted by Gasteiger charge is 2.42. The van der Waals surface area contributed by atoms with E-state index in [4.69, 9.17) is 9.97 Å². The predicted octanol–water partition coefficient (Wildman–Crippen LogP) is 13.6. The minimum Gasteiger partial charge on any atom is -0.313 e. The van der Waals surface area contributed by atoms with Crippen molar-refractivity contribution in [2.45, 2.75) is 31.1 Å². The first-order valence-electron chi connectivity index (χ1n) is 19.7. The number of hydrogen-bond acceptors (Lipinski definition) is 2. The van der Waals surface area contributed by atoms with Crippen molar-refractivity contribution in [3.05, 3.63) is 200 Å². The second kappa shape index (κ2) is 12.9. The van der Waals surface area contributed by atoms with E-state index in [0.717, 1.165) is 24.2 Å². The highest BCUT2D eigenvalue weighted by molar-refractivity contribution is 6.11. The van der Waals surface area contributed by atoms with Crippen LogP contribution in [0.4, 0.5) is 0 Å². The quantitative estimate of drug-likeness (QED) is 0.177. The maximum atomic E-state index is 4.78. The van der Waals surface area contributed by atoms with Crippen molar-refractivity contribution in [1.82, 2.24) is 14.5 Å². The molecule has 8 aromatic rings. The van der Waals surface area contributed by atoms with Crippen LogP contribution >= 0.6 is 0 Å². The van der Waals surface area contributed by atoms with Crippen LogP contribution in [-0.4, -0.2) is 14.5 Å². The van der Waals surface area contributed by atoms with Gasteiger partial charge in [0.05, 0.1) is 22.4 Å². The molecule has 0 fully saturated rings. The Kier molecular flexibility index (Phi) is 7.50. The smallest absolute Gasteiger partial charge is 0.0927 e. The number of aromatic nitrogens is 3. The summed E-state index contributed by atoms with van der Waals surface area (Å²) in [6, 6.07) is 49.5. The first-order valence-corrected chi connectivity index (χ1v) is 19.7. The molecule has 6 aromatic carbocycles. The summed E-state index contributed by atoms with van der Waals surface area (Å²) in [5.74, 6) is 0.166. The van der Waals surface area contributed by atoms with Gasteiger partial charge in [-0.15, -0.1) is 0 Å². The van der Waals surface area contributed by atoms with Gasteiger partial charge < -0.3 is 4.57 Å². The molecule has 11 rings (SSSR count). The topological polar surface area (TPSA) is 30.7 Å². The van der Waals surface area contributed by atoms with E-state index in [2.05, 4.69) is 187 Å². The van der Waals surface area contributed by atoms with Gasteiger partial charge in [0, 0.05) is 45.8 Å². The lowest BCUT2D eigenvalue weighted by Gasteiger charge is -2.41. The first-order chi connectivity index (χ1) is 27.6. The molecule has 0 spiro atoms. The molecule has 0 amide bonds. The fourth-order valence-corrected chi connectivity index (χ4v) is 9.33. The minimum atomic E-state index is -0.174. The highest BCUT2D eigenvalue weighted by atomic mass is 15.0. The number of benzene rings is 6. The van der Waals surface area contributed by atoms with E-state index in [1.54, 1.807) is 6.20 Å². The van der Waals surface area contributed by atoms with Crippen molar-refractivity contribution in [2.24, 2.45) is 0 Å². The molecular formula is C53H39N3. The lowest BCUT2D eigenvalue weighted by molar-refractivity contribution is 0.507. The Bertz CT molecular complexity index is 2960. The van der Waals surface area contributed by atoms with E-state index >= 15 is 0 Å². The first kappa shape index (κ1) is 32.6. The zero-order chi connectivity index (χ0) is 37.2. The lowest BCUT2D eigenvalue weighted by atomic mass is 9.62. The number of nitrogens with zero attached hydrogens (tertiary/aromatic N) is 3. The molecule has 0 aliphatic heterocycles. The Balaban J connectivity index is 0.843. The van der Waals surface area contributed by atoms with Crippen molar-refractivity contribution in [3.8, 4) is 55.8 Å². The van der Waals surface area contributed by atoms with Crippen LogP contribution in [0.2, 0.25) is 0 Å². The van der Waals surface area contributed by atoms with Gasteiger partial charge in [-0.2, -0.15) is 0 Å². The largest absolute Gasteiger partial charge is 0.313 e. The summed E-state index contributed by atoms with van der Waals surface area (Å²) >= 11 is 0. The lowest BCUT2D eigenvalue weighted by Crippen LogP contribution is -2.33. The van der Waals surface area contributed by atoms with E-state index in [1.165, 1.54) is 83.1 Å². The minimum absolute atomic E-state index is 0.166. The molecule has 0 saturated carbocycles. The van der Waals surface area contributed by atoms with Crippen LogP contribution < -0.4 is 0 Å². The number of allylic oxidation sites excluding steroid dienone is 8. The summed E-state index contributed by atoms with van der Waals surface area (Å²) in [5.41, 5.74) is 18.0. The third kappa shape index (κ3) is 5.19. The normalized spacial score (nSPS) is 18.1. The van der Waals surface area contributed by atoms with E-state index in [-0.39, 0.29) is 11.3 Å². The number of para-hydroxylation sites is 1. The molecule has 0 bridgehead atoms. The Morgan fingerprint density at radius 2 is 1.16 bits per heavy atom. The van der Waals surface area contributed by atoms with Crippen molar-refractivity contribution >= 4 is 27.5 Å². The fourth-order valence-electron chi connectivity index (χ4n) is 9.33. The maximum absolute atomic E-state index is 4.78. The van der Waals surface area contributed by atoms with Crippen LogP contribution in [0.5, 0.6) is 0 Å². The Morgan fingerprint density at radius 3 is 1.84 bits per heavy atom. The van der Waals surface area contributed by atoms with Gasteiger partial charge in [0.15, 0.2) is 0 Å². The third-order valence-electron chi connectivity index (χ3n) is 12.3. The van der Waals surface area contributed by atoms with Crippen LogP contribution in [-0.2, 0) is 5.41 Å². The van der Waals surface area contributed by atoms with Crippen molar-refractivity contribution in [3.63, 3.8) is 0 Å². The Morgan fingerprint density at radius 1 is 0.571 bits per heavy atom. The zero-order valence-corrected chi connectivity index (χ0v) is 31.2. The monoisotopic (exact) mass is 717 g/mol. The van der Waals surface area contributed by atoms with E-state index in [9.17, 15) is 0 Å². The average Bonchev–Trinajstić information content (AvgIpc) is 3.60. The third-order valence-corrected chi connectivity index (χ3v) is 12.3. The van der Waals surface area contributed by atoms with Crippen molar-refractivity contribution in [2.75, 3.05) is 0 Å². The summed E-state index contributed by atoms with van der Waals surface area (Å²) in [6.45, 7) is 2.33. The van der Waals surface area contributed by atoms with Gasteiger partial charge in [0.2, 0.25) is 0 Å². The van der Waals surface area contributed by atoms with Crippen LogP contribution in [0, 0.1) is 0 Å². The number of hydrogen-bond donors (Lipinski definition) is 0. The van der Waals surface area contributed by atoms with E-state index < -0.39 is 0 Å². The standard InChI is InChI=1S/C53H39N3/c1-53-30-8-7-12-47(53)52-51(54-31-32-55-52)45-28-26-42(34-48(45)53)40-24-20-38(21-25-40)36-16-14-35(15-17-36)37-18-22-39(23-19-37)41-27-29-50-46(33-41)44-11-5-6-13-49(44)56(50)43-9-3-2-4-10-43/h2-3,5-9,11-34,47H,4,10H2,1H3. The summed E-state index contributed by atoms with van der Waals surface area (Å²) in [6.07, 6.45) is 21.4. The zero-order valence-electron chi connectivity index (χ0n) is 31.2. The summed E-state index contributed by atoms with van der Waals surface area (Å²) in [5, 5.41) is 2.60. The maximum Gasteiger partial charge on any atom is 0.0927 e. The fraction of sp³-hybridized carbons (Fsp3) is 0.0943. The molecule has 2 heterocycles. The van der Waals surface area contributed by atoms with Gasteiger partial charge in [-0.1, -0.05) is 153 Å². The van der Waals surface area contributed by atoms with Gasteiger partial charge in [0.1, 0.15) is 0 Å². The average molecular weight is 718 g/mol. The van der Waals surface area contributed by atoms with Crippen LogP contribution in [0.3, 0.4) is 0 Å². The Labute approximate surface area is 327 Å². The highest BCUT2D eigenvalue weighted by Crippen LogP contribution is 2.52. The molecule has 0 saturated heterocycles. The van der Waals surface area contributed by atoms with Crippen LogP contribution in [0.1, 0.15) is 36.9 Å². The van der Waals surface area contributed by atoms with Crippen LogP contribution in [0.15, 0.2) is 188 Å². The summed E-state index contributed by atoms with van der Waals surface area (Å²) in [4.78, 5) is 9.56. The van der Waals surface area contributed by atoms with Crippen LogP contribution in [0.25, 0.3) is 83.3 Å². The number of rotatable bonds is 5. The molecular weight excluding hydrogens is 679 g/mol. The molecule has 2 unspecified atom stereocenters. The second-order valence-corrected chi connectivity index (χ2v) is 15.5. The predicted molar refractivity (Wildman–Crippen MR) is 233 cm³/mol.